The van der Waals surface area contributed by atoms with Crippen LogP contribution in [0.15, 0.2) is 59.6 Å². The summed E-state index contributed by atoms with van der Waals surface area (Å²) in [6, 6.07) is 17.8. The van der Waals surface area contributed by atoms with Crippen molar-refractivity contribution in [2.24, 2.45) is 4.99 Å². The van der Waals surface area contributed by atoms with Crippen molar-refractivity contribution in [2.75, 3.05) is 0 Å². The van der Waals surface area contributed by atoms with Crippen LogP contribution in [0.2, 0.25) is 0 Å². The van der Waals surface area contributed by atoms with E-state index >= 15 is 0 Å². The van der Waals surface area contributed by atoms with Crippen LogP contribution in [-0.4, -0.2) is 28.5 Å². The Labute approximate surface area is 157 Å². The molecule has 2 heterocycles. The first-order chi connectivity index (χ1) is 13.0. The minimum atomic E-state index is -0.925. The van der Waals surface area contributed by atoms with Gasteiger partial charge < -0.3 is 14.8 Å². The molecule has 0 bridgehead atoms. The maximum atomic E-state index is 11.9. The van der Waals surface area contributed by atoms with Gasteiger partial charge in [0.05, 0.1) is 6.61 Å². The molecule has 27 heavy (non-hydrogen) atoms. The molecule has 0 radical (unpaired) electrons. The molecule has 4 rings (SSSR count). The topological polar surface area (TPSA) is 74.7 Å². The second-order valence-corrected chi connectivity index (χ2v) is 7.44. The van der Waals surface area contributed by atoms with Gasteiger partial charge in [0.15, 0.2) is 6.23 Å². The molecular weight excluding hydrogens is 340 g/mol. The van der Waals surface area contributed by atoms with Gasteiger partial charge in [-0.3, -0.25) is 9.79 Å². The van der Waals surface area contributed by atoms with Gasteiger partial charge in [0.25, 0.3) is 0 Å². The van der Waals surface area contributed by atoms with E-state index < -0.39 is 23.5 Å². The lowest BCUT2D eigenvalue weighted by molar-refractivity contribution is -0.137. The third kappa shape index (κ3) is 3.04. The molecule has 1 aliphatic heterocycles. The van der Waals surface area contributed by atoms with Crippen LogP contribution in [0, 0.1) is 0 Å². The van der Waals surface area contributed by atoms with Crippen molar-refractivity contribution in [2.45, 2.75) is 38.0 Å². The van der Waals surface area contributed by atoms with Gasteiger partial charge in [-0.2, -0.15) is 0 Å². The largest absolute Gasteiger partial charge is 0.480 e. The number of nitrogens with one attached hydrogen (secondary N) is 1. The number of carbonyl (C=O) groups is 1. The number of H-pyrrole nitrogens is 1. The van der Waals surface area contributed by atoms with Gasteiger partial charge in [-0.25, -0.2) is 0 Å². The van der Waals surface area contributed by atoms with Crippen LogP contribution in [0.1, 0.15) is 36.6 Å². The number of hydrogen-bond acceptors (Lipinski definition) is 3. The predicted octanol–water partition coefficient (Wildman–Crippen LogP) is 4.24. The normalized spacial score (nSPS) is 21.0. The number of ether oxygens (including phenoxy) is 1. The molecule has 5 heteroatoms. The molecule has 0 fully saturated rings. The summed E-state index contributed by atoms with van der Waals surface area (Å²) in [6.45, 7) is 4.54. The van der Waals surface area contributed by atoms with Crippen LogP contribution >= 0.6 is 0 Å². The quantitative estimate of drug-likeness (QED) is 0.729. The molecule has 0 saturated heterocycles. The van der Waals surface area contributed by atoms with Gasteiger partial charge in [-0.05, 0) is 17.2 Å². The SMILES string of the molecule is CC1(C)c2c([nH]c3ccccc23)C(C(=O)O)C=NC1OCc1ccccc1. The van der Waals surface area contributed by atoms with E-state index in [9.17, 15) is 9.90 Å². The van der Waals surface area contributed by atoms with E-state index in [4.69, 9.17) is 4.74 Å². The Balaban J connectivity index is 1.79. The number of rotatable bonds is 4. The number of aliphatic carboxylic acids is 1. The van der Waals surface area contributed by atoms with Crippen LogP contribution < -0.4 is 0 Å². The zero-order chi connectivity index (χ0) is 19.0. The second kappa shape index (κ2) is 6.67. The fourth-order valence-electron chi connectivity index (χ4n) is 3.83. The van der Waals surface area contributed by atoms with Crippen LogP contribution in [0.4, 0.5) is 0 Å². The van der Waals surface area contributed by atoms with E-state index in [0.29, 0.717) is 12.3 Å². The maximum Gasteiger partial charge on any atom is 0.318 e. The van der Waals surface area contributed by atoms with Crippen molar-refractivity contribution < 1.29 is 14.6 Å². The van der Waals surface area contributed by atoms with E-state index in [1.54, 1.807) is 0 Å². The Morgan fingerprint density at radius 3 is 2.59 bits per heavy atom. The number of fused-ring (bicyclic) bond motifs is 3. The number of carboxylic acids is 1. The first-order valence-electron chi connectivity index (χ1n) is 9.01. The number of aliphatic imine (C=N–C) groups is 1. The summed E-state index contributed by atoms with van der Waals surface area (Å²) < 4.78 is 6.16. The number of hydrogen-bond donors (Lipinski definition) is 2. The molecule has 2 aromatic carbocycles. The number of benzene rings is 2. The third-order valence-electron chi connectivity index (χ3n) is 5.20. The minimum Gasteiger partial charge on any atom is -0.480 e. The highest BCUT2D eigenvalue weighted by Gasteiger charge is 2.41. The van der Waals surface area contributed by atoms with E-state index in [1.165, 1.54) is 6.21 Å². The summed E-state index contributed by atoms with van der Waals surface area (Å²) >= 11 is 0. The average molecular weight is 362 g/mol. The second-order valence-electron chi connectivity index (χ2n) is 7.44. The number of nitrogens with zero attached hydrogens (tertiary/aromatic N) is 1. The molecular formula is C22H22N2O3. The molecule has 138 valence electrons. The van der Waals surface area contributed by atoms with Gasteiger partial charge in [0.2, 0.25) is 0 Å². The molecule has 3 aromatic rings. The van der Waals surface area contributed by atoms with Crippen molar-refractivity contribution >= 4 is 23.1 Å². The molecule has 0 saturated carbocycles. The van der Waals surface area contributed by atoms with E-state index in [2.05, 4.69) is 23.8 Å². The Kier molecular flexibility index (Phi) is 4.32. The highest BCUT2D eigenvalue weighted by atomic mass is 16.5. The number of carboxylic acid groups (broad SMARTS) is 1. The predicted molar refractivity (Wildman–Crippen MR) is 105 cm³/mol. The van der Waals surface area contributed by atoms with Crippen LogP contribution in [-0.2, 0) is 21.6 Å². The van der Waals surface area contributed by atoms with Crippen molar-refractivity contribution in [1.82, 2.24) is 4.98 Å². The molecule has 2 atom stereocenters. The Bertz CT molecular complexity index is 1000. The molecule has 1 aromatic heterocycles. The Morgan fingerprint density at radius 2 is 1.85 bits per heavy atom. The Hall–Kier alpha value is -2.92. The fourth-order valence-corrected chi connectivity index (χ4v) is 3.83. The lowest BCUT2D eigenvalue weighted by Gasteiger charge is -2.31. The molecule has 0 spiro atoms. The fraction of sp³-hybridized carbons (Fsp3) is 0.273. The van der Waals surface area contributed by atoms with E-state index in [0.717, 1.165) is 22.0 Å². The van der Waals surface area contributed by atoms with E-state index in [-0.39, 0.29) is 0 Å². The summed E-state index contributed by atoms with van der Waals surface area (Å²) in [6.07, 6.45) is 1.01. The summed E-state index contributed by atoms with van der Waals surface area (Å²) in [4.78, 5) is 19.7. The highest BCUT2D eigenvalue weighted by molar-refractivity contribution is 5.98. The van der Waals surface area contributed by atoms with Gasteiger partial charge in [-0.15, -0.1) is 0 Å². The van der Waals surface area contributed by atoms with Crippen LogP contribution in [0.3, 0.4) is 0 Å². The smallest absolute Gasteiger partial charge is 0.318 e. The standard InChI is InChI=1S/C22H22N2O3/c1-22(2)18-15-10-6-7-11-17(15)24-19(18)16(20(25)26)12-23-21(22)27-13-14-8-4-3-5-9-14/h3-12,16,21,24H,13H2,1-2H3,(H,25,26). The third-order valence-corrected chi connectivity index (χ3v) is 5.20. The molecule has 2 unspecified atom stereocenters. The zero-order valence-corrected chi connectivity index (χ0v) is 15.3. The summed E-state index contributed by atoms with van der Waals surface area (Å²) in [5.41, 5.74) is 3.13. The summed E-state index contributed by atoms with van der Waals surface area (Å²) in [7, 11) is 0. The highest BCUT2D eigenvalue weighted by Crippen LogP contribution is 2.42. The van der Waals surface area contributed by atoms with E-state index in [1.807, 2.05) is 54.6 Å². The van der Waals surface area contributed by atoms with Gasteiger partial charge in [0.1, 0.15) is 5.92 Å². The molecule has 5 nitrogen and oxygen atoms in total. The summed E-state index contributed by atoms with van der Waals surface area (Å²) in [5.74, 6) is -1.75. The zero-order valence-electron chi connectivity index (χ0n) is 15.3. The molecule has 0 aliphatic carbocycles. The van der Waals surface area contributed by atoms with Gasteiger partial charge in [0, 0.05) is 28.2 Å². The van der Waals surface area contributed by atoms with Crippen molar-refractivity contribution in [3.63, 3.8) is 0 Å². The van der Waals surface area contributed by atoms with Crippen molar-refractivity contribution in [3.05, 3.63) is 71.4 Å². The van der Waals surface area contributed by atoms with Crippen molar-refractivity contribution in [3.8, 4) is 0 Å². The lowest BCUT2D eigenvalue weighted by atomic mass is 9.80. The lowest BCUT2D eigenvalue weighted by Crippen LogP contribution is -2.34. The minimum absolute atomic E-state index is 0.418. The number of aromatic amines is 1. The molecule has 0 amide bonds. The first-order valence-corrected chi connectivity index (χ1v) is 9.01. The van der Waals surface area contributed by atoms with Crippen molar-refractivity contribution in [1.29, 1.82) is 0 Å². The summed E-state index contributed by atoms with van der Waals surface area (Å²) in [5, 5.41) is 10.8. The molecule has 1 aliphatic rings. The van der Waals surface area contributed by atoms with Crippen LogP contribution in [0.25, 0.3) is 10.9 Å². The van der Waals surface area contributed by atoms with Crippen LogP contribution in [0.5, 0.6) is 0 Å². The number of aromatic nitrogens is 1. The van der Waals surface area contributed by atoms with Gasteiger partial charge >= 0.3 is 5.97 Å². The Morgan fingerprint density at radius 1 is 1.15 bits per heavy atom. The average Bonchev–Trinajstić information content (AvgIpc) is 2.99. The number of para-hydroxylation sites is 1. The van der Waals surface area contributed by atoms with Gasteiger partial charge in [-0.1, -0.05) is 62.4 Å². The first kappa shape index (κ1) is 17.5. The molecule has 2 N–H and O–H groups in total. The maximum absolute atomic E-state index is 11.9. The monoisotopic (exact) mass is 362 g/mol.